The Labute approximate surface area is 275 Å². The molecular formula is C37H41N5O5. The van der Waals surface area contributed by atoms with Crippen LogP contribution in [0.3, 0.4) is 0 Å². The Bertz CT molecular complexity index is 1600. The number of likely N-dealkylation sites (N-methyl/N-ethyl adjacent to an activating group) is 1. The van der Waals surface area contributed by atoms with Gasteiger partial charge in [-0.1, -0.05) is 84.9 Å². The van der Waals surface area contributed by atoms with Gasteiger partial charge < -0.3 is 24.7 Å². The quantitative estimate of drug-likeness (QED) is 0.216. The molecule has 2 heterocycles. The lowest BCUT2D eigenvalue weighted by Crippen LogP contribution is -2.77. The van der Waals surface area contributed by atoms with E-state index in [9.17, 15) is 19.8 Å². The van der Waals surface area contributed by atoms with Gasteiger partial charge in [-0.3, -0.25) is 14.9 Å². The summed E-state index contributed by atoms with van der Waals surface area (Å²) in [5.41, 5.74) is 3.94. The SMILES string of the molecule is COc1ccc(CNC(O)N2C3CN(CC(c4ccccc4)c4ccccc4)C(=O)[C@H](Cc4ccc(O)cc4)N3C(=O)CN2C)cc1. The molecule has 3 N–H and O–H groups in total. The van der Waals surface area contributed by atoms with E-state index in [0.29, 0.717) is 13.1 Å². The van der Waals surface area contributed by atoms with Crippen molar-refractivity contribution in [1.29, 1.82) is 0 Å². The smallest absolute Gasteiger partial charge is 0.245 e. The molecule has 4 aromatic carbocycles. The lowest BCUT2D eigenvalue weighted by atomic mass is 9.89. The summed E-state index contributed by atoms with van der Waals surface area (Å²) in [7, 11) is 3.39. The van der Waals surface area contributed by atoms with Gasteiger partial charge in [-0.2, -0.15) is 5.01 Å². The number of ether oxygens (including phenoxy) is 1. The Balaban J connectivity index is 1.33. The van der Waals surface area contributed by atoms with Gasteiger partial charge in [-0.05, 0) is 46.5 Å². The summed E-state index contributed by atoms with van der Waals surface area (Å²) in [6.07, 6.45) is -1.51. The number of amides is 2. The molecule has 3 atom stereocenters. The predicted octanol–water partition coefficient (Wildman–Crippen LogP) is 3.37. The van der Waals surface area contributed by atoms with Crippen LogP contribution in [-0.2, 0) is 22.6 Å². The number of nitrogens with one attached hydrogen (secondary N) is 1. The van der Waals surface area contributed by atoms with E-state index < -0.39 is 18.6 Å². The number of carbonyl (C=O) groups excluding carboxylic acids is 2. The zero-order valence-corrected chi connectivity index (χ0v) is 26.6. The monoisotopic (exact) mass is 635 g/mol. The molecule has 2 fully saturated rings. The molecular weight excluding hydrogens is 594 g/mol. The fourth-order valence-corrected chi connectivity index (χ4v) is 6.65. The lowest BCUT2D eigenvalue weighted by molar-refractivity contribution is -0.240. The first-order valence-corrected chi connectivity index (χ1v) is 15.8. The highest BCUT2D eigenvalue weighted by molar-refractivity contribution is 5.90. The minimum Gasteiger partial charge on any atom is -0.508 e. The standard InChI is InChI=1S/C37H41N5O5/c1-39-25-35(44)41-33(21-26-13-17-30(43)18-14-26)36(45)40(23-32(28-9-5-3-6-10-28)29-11-7-4-8-12-29)24-34(41)42(39)37(46)38-22-27-15-19-31(47-2)20-16-27/h3-20,32-34,37-38,43,46H,21-25H2,1-2H3/t33-,34?,37?/m0/s1. The molecule has 0 radical (unpaired) electrons. The maximum Gasteiger partial charge on any atom is 0.245 e. The third kappa shape index (κ3) is 7.16. The van der Waals surface area contributed by atoms with Gasteiger partial charge in [0.25, 0.3) is 0 Å². The van der Waals surface area contributed by atoms with E-state index in [1.165, 1.54) is 0 Å². The van der Waals surface area contributed by atoms with Gasteiger partial charge in [-0.25, -0.2) is 5.01 Å². The third-order valence-corrected chi connectivity index (χ3v) is 9.06. The van der Waals surface area contributed by atoms with E-state index in [0.717, 1.165) is 28.0 Å². The molecule has 244 valence electrons. The van der Waals surface area contributed by atoms with Crippen molar-refractivity contribution in [2.45, 2.75) is 37.4 Å². The van der Waals surface area contributed by atoms with Gasteiger partial charge in [0.15, 0.2) is 6.35 Å². The summed E-state index contributed by atoms with van der Waals surface area (Å²) in [4.78, 5) is 31.7. The van der Waals surface area contributed by atoms with Crippen LogP contribution in [-0.4, -0.2) is 94.2 Å². The number of nitrogens with zero attached hydrogens (tertiary/aromatic N) is 4. The average molecular weight is 636 g/mol. The van der Waals surface area contributed by atoms with Gasteiger partial charge in [0.05, 0.1) is 20.2 Å². The van der Waals surface area contributed by atoms with Crippen LogP contribution in [0.25, 0.3) is 0 Å². The van der Waals surface area contributed by atoms with Crippen LogP contribution in [0.1, 0.15) is 28.2 Å². The first-order chi connectivity index (χ1) is 22.8. The summed E-state index contributed by atoms with van der Waals surface area (Å²) >= 11 is 0. The van der Waals surface area contributed by atoms with Crippen molar-refractivity contribution >= 4 is 11.8 Å². The van der Waals surface area contributed by atoms with Crippen LogP contribution in [0.5, 0.6) is 11.5 Å². The van der Waals surface area contributed by atoms with E-state index in [4.69, 9.17) is 4.74 Å². The highest BCUT2D eigenvalue weighted by Gasteiger charge is 2.51. The number of aliphatic hydroxyl groups is 1. The van der Waals surface area contributed by atoms with Gasteiger partial charge in [0.2, 0.25) is 11.8 Å². The molecule has 0 aromatic heterocycles. The van der Waals surface area contributed by atoms with Crippen LogP contribution in [0, 0.1) is 0 Å². The van der Waals surface area contributed by atoms with Crippen LogP contribution in [0.15, 0.2) is 109 Å². The Morgan fingerprint density at radius 1 is 0.851 bits per heavy atom. The van der Waals surface area contributed by atoms with Crippen molar-refractivity contribution in [3.05, 3.63) is 131 Å². The Morgan fingerprint density at radius 3 is 2.04 bits per heavy atom. The number of piperazine rings is 1. The number of hydrazine groups is 1. The Kier molecular flexibility index (Phi) is 9.84. The number of rotatable bonds is 11. The van der Waals surface area contributed by atoms with Crippen LogP contribution in [0.4, 0.5) is 0 Å². The minimum atomic E-state index is -1.15. The number of fused-ring (bicyclic) bond motifs is 1. The largest absolute Gasteiger partial charge is 0.508 e. The summed E-state index contributed by atoms with van der Waals surface area (Å²) in [6.45, 7) is 0.983. The highest BCUT2D eigenvalue weighted by atomic mass is 16.5. The number of phenols is 1. The second-order valence-corrected chi connectivity index (χ2v) is 12.1. The van der Waals surface area contributed by atoms with Crippen molar-refractivity contribution in [2.24, 2.45) is 0 Å². The molecule has 4 aromatic rings. The summed E-state index contributed by atoms with van der Waals surface area (Å²) in [5, 5.41) is 28.2. The number of hydrogen-bond donors (Lipinski definition) is 3. The Hall–Kier alpha value is -4.74. The van der Waals surface area contributed by atoms with E-state index in [1.807, 2.05) is 65.6 Å². The van der Waals surface area contributed by atoms with Gasteiger partial charge in [0, 0.05) is 32.5 Å². The maximum absolute atomic E-state index is 14.5. The van der Waals surface area contributed by atoms with Crippen LogP contribution in [0.2, 0.25) is 0 Å². The molecule has 2 aliphatic heterocycles. The Morgan fingerprint density at radius 2 is 1.45 bits per heavy atom. The number of benzene rings is 4. The van der Waals surface area contributed by atoms with E-state index in [1.54, 1.807) is 53.3 Å². The maximum atomic E-state index is 14.5. The predicted molar refractivity (Wildman–Crippen MR) is 178 cm³/mol. The normalized spacial score (nSPS) is 19.6. The molecule has 0 bridgehead atoms. The third-order valence-electron chi connectivity index (χ3n) is 9.06. The molecule has 2 aliphatic rings. The molecule has 2 saturated heterocycles. The number of phenolic OH excluding ortho intramolecular Hbond substituents is 1. The van der Waals surface area contributed by atoms with E-state index in [-0.39, 0.29) is 43.0 Å². The number of aromatic hydroxyl groups is 1. The molecule has 0 spiro atoms. The van der Waals surface area contributed by atoms with Crippen molar-refractivity contribution in [3.63, 3.8) is 0 Å². The second kappa shape index (κ2) is 14.4. The molecule has 2 unspecified atom stereocenters. The zero-order chi connectivity index (χ0) is 32.9. The summed E-state index contributed by atoms with van der Waals surface area (Å²) < 4.78 is 5.27. The van der Waals surface area contributed by atoms with Crippen molar-refractivity contribution in [3.8, 4) is 11.5 Å². The van der Waals surface area contributed by atoms with Gasteiger partial charge in [0.1, 0.15) is 23.7 Å². The van der Waals surface area contributed by atoms with E-state index in [2.05, 4.69) is 29.6 Å². The molecule has 0 aliphatic carbocycles. The molecule has 6 rings (SSSR count). The molecule has 10 nitrogen and oxygen atoms in total. The number of aliphatic hydroxyl groups excluding tert-OH is 1. The first kappa shape index (κ1) is 32.2. The second-order valence-electron chi connectivity index (χ2n) is 12.1. The molecule has 2 amide bonds. The molecule has 0 saturated carbocycles. The van der Waals surface area contributed by atoms with Crippen molar-refractivity contribution in [2.75, 3.05) is 33.8 Å². The van der Waals surface area contributed by atoms with Crippen LogP contribution >= 0.6 is 0 Å². The average Bonchev–Trinajstić information content (AvgIpc) is 3.09. The minimum absolute atomic E-state index is 0.00773. The van der Waals surface area contributed by atoms with Crippen LogP contribution < -0.4 is 10.1 Å². The van der Waals surface area contributed by atoms with Gasteiger partial charge >= 0.3 is 0 Å². The fourth-order valence-electron chi connectivity index (χ4n) is 6.65. The summed E-state index contributed by atoms with van der Waals surface area (Å²) in [6, 6.07) is 33.8. The lowest BCUT2D eigenvalue weighted by Gasteiger charge is -2.56. The van der Waals surface area contributed by atoms with Crippen molar-refractivity contribution < 1.29 is 24.5 Å². The first-order valence-electron chi connectivity index (χ1n) is 15.8. The van der Waals surface area contributed by atoms with Crippen molar-refractivity contribution in [1.82, 2.24) is 25.1 Å². The fraction of sp³-hybridized carbons (Fsp3) is 0.297. The molecule has 10 heteroatoms. The zero-order valence-electron chi connectivity index (χ0n) is 26.6. The number of carbonyl (C=O) groups is 2. The van der Waals surface area contributed by atoms with Gasteiger partial charge in [-0.15, -0.1) is 0 Å². The summed E-state index contributed by atoms with van der Waals surface area (Å²) in [5.74, 6) is 0.436. The van der Waals surface area contributed by atoms with E-state index >= 15 is 0 Å². The topological polar surface area (TPSA) is 109 Å². The highest BCUT2D eigenvalue weighted by Crippen LogP contribution is 2.32. The molecule has 47 heavy (non-hydrogen) atoms. The number of hydrogen-bond acceptors (Lipinski definition) is 8. The number of methoxy groups -OCH3 is 1.